The van der Waals surface area contributed by atoms with Gasteiger partial charge in [0.1, 0.15) is 60.4 Å². The summed E-state index contributed by atoms with van der Waals surface area (Å²) in [4.78, 5) is 183. The molecule has 0 unspecified atom stereocenters. The van der Waals surface area contributed by atoms with Crippen LogP contribution in [0.2, 0.25) is 0 Å². The highest BCUT2D eigenvalue weighted by Crippen LogP contribution is 2.28. The number of nitrogens with one attached hydrogen (secondary N) is 10. The van der Waals surface area contributed by atoms with Crippen LogP contribution in [0.4, 0.5) is 0 Å². The van der Waals surface area contributed by atoms with Crippen molar-refractivity contribution in [2.45, 2.75) is 205 Å². The topological polar surface area (TPSA) is 454 Å². The van der Waals surface area contributed by atoms with E-state index in [0.717, 1.165) is 37.7 Å². The van der Waals surface area contributed by atoms with E-state index in [-0.39, 0.29) is 76.0 Å². The minimum Gasteiger partial charge on any atom is -0.481 e. The number of aliphatic imine (C=N–C) groups is 1. The molecule has 1 aliphatic carbocycles. The van der Waals surface area contributed by atoms with Crippen LogP contribution in [-0.2, 0) is 68.7 Å². The highest BCUT2D eigenvalue weighted by Gasteiger charge is 2.42. The number of guanidine groups is 1. The molecule has 4 rings (SSSR count). The first kappa shape index (κ1) is 75.0. The number of carbonyl (C=O) groups is 13. The highest BCUT2D eigenvalue weighted by atomic mass is 16.4. The van der Waals surface area contributed by atoms with Gasteiger partial charge in [-0.3, -0.25) is 67.3 Å². The molecule has 30 nitrogen and oxygen atoms in total. The third-order valence-corrected chi connectivity index (χ3v) is 17.0. The van der Waals surface area contributed by atoms with Gasteiger partial charge in [-0.1, -0.05) is 103 Å². The fourth-order valence-corrected chi connectivity index (χ4v) is 11.4. The van der Waals surface area contributed by atoms with E-state index in [2.05, 4.69) is 58.2 Å². The van der Waals surface area contributed by atoms with Crippen LogP contribution in [-0.4, -0.2) is 203 Å². The SMILES string of the molecule is CC[C@H](C)[C@H](NC(=O)[C@H](CCCN=C(N)N)NC(=O)[C@H](CC(=O)O)NC(=O)[C@@H](NC(=O)[C@@H]1CCCN1C(=O)CNC(=O)[C@@H](C)NC(=O)[C@H](CC1CCCCC1)NC(=O)[C@H]1CCCN1C(=O)[C@H](CO)NC(=O)[C@@H](Cc1ccccc1)NC(C)=O)[C@@H](C)CC)C(=O)NC. The van der Waals surface area contributed by atoms with E-state index in [9.17, 15) is 72.5 Å². The van der Waals surface area contributed by atoms with Gasteiger partial charge in [0.05, 0.1) is 19.6 Å². The largest absolute Gasteiger partial charge is 0.481 e. The molecule has 91 heavy (non-hydrogen) atoms. The third-order valence-electron chi connectivity index (χ3n) is 17.0. The zero-order valence-corrected chi connectivity index (χ0v) is 53.4. The molecule has 16 N–H and O–H groups in total. The minimum absolute atomic E-state index is 0.0426. The van der Waals surface area contributed by atoms with Crippen molar-refractivity contribution in [2.75, 3.05) is 39.8 Å². The van der Waals surface area contributed by atoms with Crippen LogP contribution in [0.15, 0.2) is 35.3 Å². The summed E-state index contributed by atoms with van der Waals surface area (Å²) in [5, 5.41) is 46.1. The Balaban J connectivity index is 1.41. The Bertz CT molecular complexity index is 2730. The predicted molar refractivity (Wildman–Crippen MR) is 333 cm³/mol. The van der Waals surface area contributed by atoms with Crippen LogP contribution < -0.4 is 64.6 Å². The Hall–Kier alpha value is -8.44. The molecule has 1 aromatic rings. The summed E-state index contributed by atoms with van der Waals surface area (Å²) in [6.07, 6.45) is 5.82. The van der Waals surface area contributed by atoms with Crippen LogP contribution in [0.1, 0.15) is 143 Å². The van der Waals surface area contributed by atoms with E-state index in [1.807, 2.05) is 6.92 Å². The lowest BCUT2D eigenvalue weighted by molar-refractivity contribution is -0.143. The zero-order chi connectivity index (χ0) is 67.5. The summed E-state index contributed by atoms with van der Waals surface area (Å²) in [6.45, 7) is 8.41. The summed E-state index contributed by atoms with van der Waals surface area (Å²) >= 11 is 0. The van der Waals surface area contributed by atoms with Crippen molar-refractivity contribution in [2.24, 2.45) is 34.2 Å². The summed E-state index contributed by atoms with van der Waals surface area (Å²) < 4.78 is 0. The van der Waals surface area contributed by atoms with Gasteiger partial charge in [0.2, 0.25) is 70.9 Å². The van der Waals surface area contributed by atoms with Crippen molar-refractivity contribution in [1.29, 1.82) is 0 Å². The number of carbonyl (C=O) groups excluding carboxylic acids is 12. The summed E-state index contributed by atoms with van der Waals surface area (Å²) in [7, 11) is 1.40. The first-order valence-electron chi connectivity index (χ1n) is 31.6. The molecule has 3 aliphatic rings. The molecule has 1 aromatic carbocycles. The number of carboxylic acids is 1. The average molecular weight is 1280 g/mol. The Morgan fingerprint density at radius 2 is 1.15 bits per heavy atom. The number of hydrogen-bond donors (Lipinski definition) is 14. The van der Waals surface area contributed by atoms with Gasteiger partial charge in [-0.25, -0.2) is 0 Å². The number of nitrogens with zero attached hydrogens (tertiary/aromatic N) is 3. The number of nitrogens with two attached hydrogens (primary N) is 2. The van der Waals surface area contributed by atoms with Crippen LogP contribution in [0.3, 0.4) is 0 Å². The fourth-order valence-electron chi connectivity index (χ4n) is 11.4. The maximum Gasteiger partial charge on any atom is 0.305 e. The van der Waals surface area contributed by atoms with Gasteiger partial charge >= 0.3 is 5.97 Å². The minimum atomic E-state index is -1.77. The lowest BCUT2D eigenvalue weighted by Gasteiger charge is -2.31. The monoisotopic (exact) mass is 1280 g/mol. The average Bonchev–Trinajstić information content (AvgIpc) is 2.69. The number of likely N-dealkylation sites (tertiary alicyclic amines) is 2. The fraction of sp³-hybridized carbons (Fsp3) is 0.672. The molecule has 0 radical (unpaired) electrons. The number of aliphatic carboxylic acids is 1. The van der Waals surface area contributed by atoms with Crippen molar-refractivity contribution in [3.63, 3.8) is 0 Å². The van der Waals surface area contributed by atoms with Crippen LogP contribution in [0.5, 0.6) is 0 Å². The second-order valence-electron chi connectivity index (χ2n) is 23.9. The number of likely N-dealkylation sites (N-methyl/N-ethyl adjacent to an activating group) is 1. The van der Waals surface area contributed by atoms with E-state index in [0.29, 0.717) is 25.7 Å². The number of hydrogen-bond acceptors (Lipinski definition) is 15. The van der Waals surface area contributed by atoms with Crippen molar-refractivity contribution in [3.8, 4) is 0 Å². The normalized spacial score (nSPS) is 18.9. The first-order valence-corrected chi connectivity index (χ1v) is 31.6. The van der Waals surface area contributed by atoms with Gasteiger partial charge in [0.25, 0.3) is 0 Å². The predicted octanol–water partition coefficient (Wildman–Crippen LogP) is -2.43. The van der Waals surface area contributed by atoms with Crippen molar-refractivity contribution in [3.05, 3.63) is 35.9 Å². The number of aliphatic hydroxyl groups excluding tert-OH is 1. The summed E-state index contributed by atoms with van der Waals surface area (Å²) in [6, 6.07) is -3.77. The number of benzene rings is 1. The Kier molecular flexibility index (Phi) is 31.0. The standard InChI is InChI=1S/C61H97N15O15/c1-8-34(3)49(58(89)64-7)73-52(83)40(23-16-26-65-61(62)63)69-55(86)43(31-48(80)81)71-59(90)50(35(4)9-2)74-57(88)45-24-17-27-75(45)47(79)32-66-51(82)36(5)67-53(84)42(30-39-21-14-11-15-22-39)70-56(87)46-25-18-28-76(46)60(91)44(33-77)72-54(85)41(68-37(6)78)29-38-19-12-10-13-20-38/h10,12-13,19-20,34-36,39-46,49-50,77H,8-9,11,14-18,21-33H2,1-7H3,(H,64,89)(H,66,82)(H,67,84)(H,68,78)(H,69,86)(H,70,87)(H,71,90)(H,72,85)(H,73,83)(H,74,88)(H,80,81)(H4,62,63,65)/t34-,35-,36+,40-,41+,42-,43-,44-,45-,46+,49-,50-/m0/s1. The molecule has 506 valence electrons. The van der Waals surface area contributed by atoms with Crippen molar-refractivity contribution < 1.29 is 72.5 Å². The lowest BCUT2D eigenvalue weighted by atomic mass is 9.84. The third kappa shape index (κ3) is 23.7. The molecule has 0 aromatic heterocycles. The number of aliphatic hydroxyl groups is 1. The van der Waals surface area contributed by atoms with Crippen LogP contribution >= 0.6 is 0 Å². The molecule has 2 saturated heterocycles. The number of rotatable bonds is 35. The van der Waals surface area contributed by atoms with E-state index >= 15 is 0 Å². The second kappa shape index (κ2) is 37.7. The number of carboxylic acid groups (broad SMARTS) is 1. The van der Waals surface area contributed by atoms with Gasteiger partial charge in [0.15, 0.2) is 5.96 Å². The Labute approximate surface area is 531 Å². The molecule has 0 bridgehead atoms. The molecule has 12 amide bonds. The summed E-state index contributed by atoms with van der Waals surface area (Å²) in [5.74, 6) is -11.4. The smallest absolute Gasteiger partial charge is 0.305 e. The molecular formula is C61H97N15O15. The Morgan fingerprint density at radius 1 is 0.604 bits per heavy atom. The molecule has 2 heterocycles. The molecular weight excluding hydrogens is 1180 g/mol. The van der Waals surface area contributed by atoms with Crippen LogP contribution in [0.25, 0.3) is 0 Å². The molecule has 0 spiro atoms. The van der Waals surface area contributed by atoms with E-state index in [4.69, 9.17) is 11.5 Å². The quantitative estimate of drug-likeness (QED) is 0.0191. The van der Waals surface area contributed by atoms with Gasteiger partial charge in [-0.15, -0.1) is 0 Å². The van der Waals surface area contributed by atoms with Gasteiger partial charge in [-0.05, 0) is 75.2 Å². The summed E-state index contributed by atoms with van der Waals surface area (Å²) in [5.41, 5.74) is 11.7. The second-order valence-corrected chi connectivity index (χ2v) is 23.9. The number of amides is 12. The first-order chi connectivity index (χ1) is 43.2. The van der Waals surface area contributed by atoms with Gasteiger partial charge < -0.3 is 84.6 Å². The zero-order valence-electron chi connectivity index (χ0n) is 53.4. The molecule has 12 atom stereocenters. The van der Waals surface area contributed by atoms with Gasteiger partial charge in [0, 0.05) is 40.0 Å². The van der Waals surface area contributed by atoms with E-state index in [1.54, 1.807) is 51.1 Å². The maximum atomic E-state index is 14.2. The highest BCUT2D eigenvalue weighted by molar-refractivity contribution is 6.00. The van der Waals surface area contributed by atoms with Crippen LogP contribution in [0, 0.1) is 17.8 Å². The maximum absolute atomic E-state index is 14.2. The molecule has 3 fully saturated rings. The van der Waals surface area contributed by atoms with E-state index < -0.39 is 163 Å². The Morgan fingerprint density at radius 3 is 1.74 bits per heavy atom. The van der Waals surface area contributed by atoms with Crippen molar-refractivity contribution >= 4 is 82.8 Å². The van der Waals surface area contributed by atoms with E-state index in [1.165, 1.54) is 30.7 Å². The molecule has 2 aliphatic heterocycles. The van der Waals surface area contributed by atoms with Crippen molar-refractivity contribution in [1.82, 2.24) is 63.0 Å². The van der Waals surface area contributed by atoms with Gasteiger partial charge in [-0.2, -0.15) is 0 Å². The molecule has 30 heteroatoms. The lowest BCUT2D eigenvalue weighted by Crippen LogP contribution is -2.60. The molecule has 1 saturated carbocycles.